The maximum Gasteiger partial charge on any atom is 0.317 e. The number of hydrogen-bond acceptors (Lipinski definition) is 3. The number of para-hydroxylation sites is 1. The van der Waals surface area contributed by atoms with Crippen molar-refractivity contribution in [2.75, 3.05) is 18.4 Å². The molecule has 31 heavy (non-hydrogen) atoms. The minimum Gasteiger partial charge on any atom is -0.490 e. The Labute approximate surface area is 184 Å². The first-order valence-electron chi connectivity index (χ1n) is 11.3. The molecule has 2 aliphatic rings. The van der Waals surface area contributed by atoms with Gasteiger partial charge in [-0.2, -0.15) is 0 Å². The summed E-state index contributed by atoms with van der Waals surface area (Å²) in [7, 11) is 0. The fourth-order valence-corrected chi connectivity index (χ4v) is 4.32. The summed E-state index contributed by atoms with van der Waals surface area (Å²) < 4.78 is 5.99. The Kier molecular flexibility index (Phi) is 7.07. The predicted octanol–water partition coefficient (Wildman–Crippen LogP) is 4.57. The highest BCUT2D eigenvalue weighted by Crippen LogP contribution is 2.24. The van der Waals surface area contributed by atoms with Crippen LogP contribution in [0, 0.1) is 5.92 Å². The van der Waals surface area contributed by atoms with E-state index in [0.717, 1.165) is 42.7 Å². The Balaban J connectivity index is 1.24. The van der Waals surface area contributed by atoms with Crippen LogP contribution in [-0.2, 0) is 11.3 Å². The second-order valence-corrected chi connectivity index (χ2v) is 8.47. The van der Waals surface area contributed by atoms with Gasteiger partial charge in [0.1, 0.15) is 5.75 Å². The van der Waals surface area contributed by atoms with Crippen LogP contribution < -0.4 is 15.4 Å². The lowest BCUT2D eigenvalue weighted by atomic mass is 9.97. The number of piperidine rings is 1. The highest BCUT2D eigenvalue weighted by molar-refractivity contribution is 5.93. The van der Waals surface area contributed by atoms with Crippen LogP contribution in [0.2, 0.25) is 0 Å². The normalized spacial score (nSPS) is 19.1. The highest BCUT2D eigenvalue weighted by atomic mass is 16.5. The van der Waals surface area contributed by atoms with E-state index >= 15 is 0 Å². The van der Waals surface area contributed by atoms with Gasteiger partial charge in [0.25, 0.3) is 0 Å². The number of likely N-dealkylation sites (tertiary alicyclic amines) is 1. The Morgan fingerprint density at radius 2 is 1.68 bits per heavy atom. The number of anilines is 1. The van der Waals surface area contributed by atoms with Crippen LogP contribution >= 0.6 is 0 Å². The van der Waals surface area contributed by atoms with Crippen molar-refractivity contribution in [1.82, 2.24) is 10.2 Å². The molecule has 6 heteroatoms. The van der Waals surface area contributed by atoms with Crippen molar-refractivity contribution >= 4 is 17.6 Å². The SMILES string of the molecule is O=C(Nc1ccccc1)C1CCCN(C(=O)NCc2ccc(OC3CCCC3)cc2)C1. The number of nitrogens with one attached hydrogen (secondary N) is 2. The average Bonchev–Trinajstić information content (AvgIpc) is 3.32. The molecule has 2 fully saturated rings. The largest absolute Gasteiger partial charge is 0.490 e. The van der Waals surface area contributed by atoms with E-state index < -0.39 is 0 Å². The van der Waals surface area contributed by atoms with E-state index in [9.17, 15) is 9.59 Å². The first-order chi connectivity index (χ1) is 15.2. The van der Waals surface area contributed by atoms with Crippen LogP contribution in [0.3, 0.4) is 0 Å². The molecule has 1 saturated heterocycles. The Hall–Kier alpha value is -3.02. The van der Waals surface area contributed by atoms with E-state index in [1.807, 2.05) is 54.6 Å². The van der Waals surface area contributed by atoms with Crippen LogP contribution in [0.5, 0.6) is 5.75 Å². The second kappa shape index (κ2) is 10.3. The fraction of sp³-hybridized carbons (Fsp3) is 0.440. The van der Waals surface area contributed by atoms with Crippen LogP contribution in [0.25, 0.3) is 0 Å². The number of carbonyl (C=O) groups is 2. The summed E-state index contributed by atoms with van der Waals surface area (Å²) in [4.78, 5) is 27.0. The average molecular weight is 422 g/mol. The Morgan fingerprint density at radius 3 is 2.42 bits per heavy atom. The number of amides is 3. The quantitative estimate of drug-likeness (QED) is 0.718. The molecule has 2 N–H and O–H groups in total. The topological polar surface area (TPSA) is 70.7 Å². The molecule has 1 aliphatic heterocycles. The van der Waals surface area contributed by atoms with Crippen molar-refractivity contribution in [3.05, 3.63) is 60.2 Å². The van der Waals surface area contributed by atoms with E-state index in [1.54, 1.807) is 4.90 Å². The minimum absolute atomic E-state index is 0.0263. The van der Waals surface area contributed by atoms with Crippen molar-refractivity contribution in [2.24, 2.45) is 5.92 Å². The van der Waals surface area contributed by atoms with Gasteiger partial charge < -0.3 is 20.3 Å². The van der Waals surface area contributed by atoms with Gasteiger partial charge in [0.15, 0.2) is 0 Å². The smallest absolute Gasteiger partial charge is 0.317 e. The van der Waals surface area contributed by atoms with Gasteiger partial charge in [-0.1, -0.05) is 30.3 Å². The van der Waals surface area contributed by atoms with Crippen molar-refractivity contribution in [3.8, 4) is 5.75 Å². The van der Waals surface area contributed by atoms with Crippen LogP contribution in [0.15, 0.2) is 54.6 Å². The summed E-state index contributed by atoms with van der Waals surface area (Å²) in [5, 5.41) is 5.94. The standard InChI is InChI=1S/C25H31N3O3/c29-24(27-21-8-2-1-3-9-21)20-7-6-16-28(18-20)25(30)26-17-19-12-14-23(15-13-19)31-22-10-4-5-11-22/h1-3,8-9,12-15,20,22H,4-7,10-11,16-18H2,(H,26,30)(H,27,29). The molecule has 164 valence electrons. The summed E-state index contributed by atoms with van der Waals surface area (Å²) in [6.07, 6.45) is 6.74. The van der Waals surface area contributed by atoms with Gasteiger partial charge >= 0.3 is 6.03 Å². The summed E-state index contributed by atoms with van der Waals surface area (Å²) in [5.74, 6) is 0.679. The summed E-state index contributed by atoms with van der Waals surface area (Å²) in [5.41, 5.74) is 1.82. The van der Waals surface area contributed by atoms with Gasteiger partial charge in [-0.25, -0.2) is 4.79 Å². The molecule has 2 aromatic carbocycles. The molecule has 0 radical (unpaired) electrons. The number of nitrogens with zero attached hydrogens (tertiary/aromatic N) is 1. The maximum atomic E-state index is 12.7. The highest BCUT2D eigenvalue weighted by Gasteiger charge is 2.28. The number of urea groups is 1. The van der Waals surface area contributed by atoms with E-state index in [4.69, 9.17) is 4.74 Å². The van der Waals surface area contributed by atoms with Crippen LogP contribution in [-0.4, -0.2) is 36.0 Å². The van der Waals surface area contributed by atoms with Gasteiger partial charge in [-0.3, -0.25) is 4.79 Å². The van der Waals surface area contributed by atoms with Gasteiger partial charge in [0, 0.05) is 25.3 Å². The molecule has 0 spiro atoms. The van der Waals surface area contributed by atoms with Gasteiger partial charge in [0.2, 0.25) is 5.91 Å². The molecule has 0 aromatic heterocycles. The van der Waals surface area contributed by atoms with Crippen LogP contribution in [0.4, 0.5) is 10.5 Å². The molecule has 3 amide bonds. The van der Waals surface area contributed by atoms with Gasteiger partial charge in [-0.15, -0.1) is 0 Å². The monoisotopic (exact) mass is 421 g/mol. The van der Waals surface area contributed by atoms with Gasteiger partial charge in [0.05, 0.1) is 12.0 Å². The Morgan fingerprint density at radius 1 is 0.935 bits per heavy atom. The van der Waals surface area contributed by atoms with Crippen LogP contribution in [0.1, 0.15) is 44.1 Å². The molecule has 0 bridgehead atoms. The number of carbonyl (C=O) groups excluding carboxylic acids is 2. The zero-order chi connectivity index (χ0) is 21.5. The van der Waals surface area contributed by atoms with Crippen molar-refractivity contribution in [2.45, 2.75) is 51.2 Å². The van der Waals surface area contributed by atoms with E-state index in [0.29, 0.717) is 25.7 Å². The molecule has 1 atom stereocenters. The lowest BCUT2D eigenvalue weighted by molar-refractivity contribution is -0.121. The molecule has 1 saturated carbocycles. The van der Waals surface area contributed by atoms with Crippen molar-refractivity contribution in [1.29, 1.82) is 0 Å². The molecule has 1 unspecified atom stereocenters. The van der Waals surface area contributed by atoms with Crippen molar-refractivity contribution in [3.63, 3.8) is 0 Å². The zero-order valence-corrected chi connectivity index (χ0v) is 17.9. The van der Waals surface area contributed by atoms with E-state index in [1.165, 1.54) is 12.8 Å². The molecule has 1 heterocycles. The third-order valence-corrected chi connectivity index (χ3v) is 6.09. The lowest BCUT2D eigenvalue weighted by Gasteiger charge is -2.32. The molecular formula is C25H31N3O3. The first-order valence-corrected chi connectivity index (χ1v) is 11.3. The Bertz CT molecular complexity index is 863. The third-order valence-electron chi connectivity index (χ3n) is 6.09. The number of rotatable bonds is 6. The molecule has 1 aliphatic carbocycles. The molecular weight excluding hydrogens is 390 g/mol. The second-order valence-electron chi connectivity index (χ2n) is 8.47. The summed E-state index contributed by atoms with van der Waals surface area (Å²) in [6.45, 7) is 1.58. The van der Waals surface area contributed by atoms with Gasteiger partial charge in [-0.05, 0) is 68.4 Å². The fourth-order valence-electron chi connectivity index (χ4n) is 4.32. The summed E-state index contributed by atoms with van der Waals surface area (Å²) >= 11 is 0. The number of ether oxygens (including phenoxy) is 1. The molecule has 2 aromatic rings. The van der Waals surface area contributed by atoms with Crippen molar-refractivity contribution < 1.29 is 14.3 Å². The summed E-state index contributed by atoms with van der Waals surface area (Å²) in [6, 6.07) is 17.3. The van der Waals surface area contributed by atoms with E-state index in [-0.39, 0.29) is 17.9 Å². The number of hydrogen-bond donors (Lipinski definition) is 2. The lowest BCUT2D eigenvalue weighted by Crippen LogP contribution is -2.47. The third kappa shape index (κ3) is 6.00. The first kappa shape index (κ1) is 21.2. The molecule has 4 rings (SSSR count). The molecule has 6 nitrogen and oxygen atoms in total. The zero-order valence-electron chi connectivity index (χ0n) is 17.9. The van der Waals surface area contributed by atoms with E-state index in [2.05, 4.69) is 10.6 Å². The number of benzene rings is 2. The predicted molar refractivity (Wildman–Crippen MR) is 121 cm³/mol. The minimum atomic E-state index is -0.188. The maximum absolute atomic E-state index is 12.7.